The predicted molar refractivity (Wildman–Crippen MR) is 107 cm³/mol. The Labute approximate surface area is 162 Å². The first kappa shape index (κ1) is 18.5. The van der Waals surface area contributed by atoms with Gasteiger partial charge < -0.3 is 5.32 Å². The molecule has 1 amide bonds. The van der Waals surface area contributed by atoms with Crippen LogP contribution >= 0.6 is 23.4 Å². The molecule has 0 fully saturated rings. The van der Waals surface area contributed by atoms with E-state index in [9.17, 15) is 4.79 Å². The Balaban J connectivity index is 1.78. The second kappa shape index (κ2) is 8.88. The van der Waals surface area contributed by atoms with Gasteiger partial charge in [0.1, 0.15) is 0 Å². The average Bonchev–Trinajstić information content (AvgIpc) is 2.69. The Bertz CT molecular complexity index is 819. The van der Waals surface area contributed by atoms with Crippen LogP contribution in [0.2, 0.25) is 5.02 Å². The Morgan fingerprint density at radius 2 is 1.58 bits per heavy atom. The van der Waals surface area contributed by atoms with Gasteiger partial charge in [0.25, 0.3) is 0 Å². The topological polar surface area (TPSA) is 42.0 Å². The van der Waals surface area contributed by atoms with E-state index in [0.717, 1.165) is 16.0 Å². The Morgan fingerprint density at radius 1 is 0.962 bits per heavy atom. The fourth-order valence-corrected chi connectivity index (χ4v) is 3.77. The number of carbonyl (C=O) groups excluding carboxylic acids is 1. The molecular formula is C21H19ClN2OS. The third kappa shape index (κ3) is 4.65. The number of carbonyl (C=O) groups is 1. The molecule has 1 aromatic heterocycles. The van der Waals surface area contributed by atoms with E-state index >= 15 is 0 Å². The number of halogens is 1. The van der Waals surface area contributed by atoms with Gasteiger partial charge in [-0.3, -0.25) is 9.78 Å². The molecule has 132 valence electrons. The molecule has 0 bridgehead atoms. The van der Waals surface area contributed by atoms with Gasteiger partial charge in [0.05, 0.1) is 16.3 Å². The molecule has 0 aliphatic carbocycles. The van der Waals surface area contributed by atoms with Crippen LogP contribution in [-0.2, 0) is 4.79 Å². The average molecular weight is 383 g/mol. The Hall–Kier alpha value is -2.30. The van der Waals surface area contributed by atoms with Gasteiger partial charge >= 0.3 is 0 Å². The van der Waals surface area contributed by atoms with Gasteiger partial charge in [-0.1, -0.05) is 54.1 Å². The molecular weight excluding hydrogens is 364 g/mol. The maximum Gasteiger partial charge on any atom is 0.233 e. The monoisotopic (exact) mass is 382 g/mol. The molecule has 3 aromatic rings. The van der Waals surface area contributed by atoms with Crippen molar-refractivity contribution in [3.63, 3.8) is 0 Å². The number of pyridine rings is 1. The minimum absolute atomic E-state index is 0.0411. The number of hydrogen-bond acceptors (Lipinski definition) is 3. The van der Waals surface area contributed by atoms with E-state index in [4.69, 9.17) is 11.6 Å². The van der Waals surface area contributed by atoms with Crippen molar-refractivity contribution < 1.29 is 4.79 Å². The number of nitrogens with one attached hydrogen (secondary N) is 1. The van der Waals surface area contributed by atoms with Gasteiger partial charge in [-0.05, 0) is 42.3 Å². The standard InChI is InChI=1S/C21H19ClN2OS/c1-15(26-19-10-6-5-9-18(19)22)21(25)24-20(16-7-3-2-4-8-16)17-11-13-23-14-12-17/h2-15,20H,1H3,(H,24,25). The predicted octanol–water partition coefficient (Wildman–Crippen LogP) is 5.12. The molecule has 5 heteroatoms. The van der Waals surface area contributed by atoms with Gasteiger partial charge in [-0.2, -0.15) is 0 Å². The Kier molecular flexibility index (Phi) is 6.31. The Morgan fingerprint density at radius 3 is 2.27 bits per heavy atom. The second-order valence-corrected chi connectivity index (χ2v) is 7.61. The van der Waals surface area contributed by atoms with Crippen molar-refractivity contribution in [1.29, 1.82) is 0 Å². The van der Waals surface area contributed by atoms with E-state index in [1.165, 1.54) is 11.8 Å². The van der Waals surface area contributed by atoms with Crippen LogP contribution in [-0.4, -0.2) is 16.1 Å². The van der Waals surface area contributed by atoms with Crippen LogP contribution in [0.25, 0.3) is 0 Å². The van der Waals surface area contributed by atoms with Crippen LogP contribution in [0.5, 0.6) is 0 Å². The smallest absolute Gasteiger partial charge is 0.233 e. The van der Waals surface area contributed by atoms with E-state index in [1.807, 2.05) is 73.7 Å². The van der Waals surface area contributed by atoms with Crippen molar-refractivity contribution in [2.45, 2.75) is 23.1 Å². The summed E-state index contributed by atoms with van der Waals surface area (Å²) in [6.07, 6.45) is 3.47. The lowest BCUT2D eigenvalue weighted by Gasteiger charge is -2.22. The van der Waals surface area contributed by atoms with Crippen LogP contribution in [0.4, 0.5) is 0 Å². The lowest BCUT2D eigenvalue weighted by molar-refractivity contribution is -0.120. The van der Waals surface area contributed by atoms with Gasteiger partial charge in [0, 0.05) is 17.3 Å². The van der Waals surface area contributed by atoms with Crippen LogP contribution < -0.4 is 5.32 Å². The van der Waals surface area contributed by atoms with Crippen molar-refractivity contribution in [3.8, 4) is 0 Å². The summed E-state index contributed by atoms with van der Waals surface area (Å²) in [5.41, 5.74) is 2.02. The molecule has 0 spiro atoms. The zero-order valence-corrected chi connectivity index (χ0v) is 15.9. The highest BCUT2D eigenvalue weighted by Gasteiger charge is 2.21. The SMILES string of the molecule is CC(Sc1ccccc1Cl)C(=O)NC(c1ccccc1)c1ccncc1. The van der Waals surface area contributed by atoms with Gasteiger partial charge in [0.15, 0.2) is 0 Å². The number of amides is 1. The molecule has 0 aliphatic rings. The maximum absolute atomic E-state index is 12.8. The van der Waals surface area contributed by atoms with Crippen molar-refractivity contribution in [3.05, 3.63) is 95.3 Å². The quantitative estimate of drug-likeness (QED) is 0.601. The second-order valence-electron chi connectivity index (χ2n) is 5.82. The summed E-state index contributed by atoms with van der Waals surface area (Å²) >= 11 is 7.67. The highest BCUT2D eigenvalue weighted by Crippen LogP contribution is 2.31. The van der Waals surface area contributed by atoms with Crippen LogP contribution in [0.15, 0.2) is 84.0 Å². The number of rotatable bonds is 6. The fraction of sp³-hybridized carbons (Fsp3) is 0.143. The molecule has 2 unspecified atom stereocenters. The molecule has 3 rings (SSSR count). The first-order valence-corrected chi connectivity index (χ1v) is 9.57. The molecule has 1 heterocycles. The molecule has 1 N–H and O–H groups in total. The summed E-state index contributed by atoms with van der Waals surface area (Å²) in [7, 11) is 0. The van der Waals surface area contributed by atoms with Gasteiger partial charge in [-0.15, -0.1) is 11.8 Å². The minimum atomic E-state index is -0.275. The summed E-state index contributed by atoms with van der Waals surface area (Å²) in [5.74, 6) is -0.0411. The first-order valence-electron chi connectivity index (χ1n) is 8.31. The number of hydrogen-bond donors (Lipinski definition) is 1. The fourth-order valence-electron chi connectivity index (χ4n) is 2.60. The normalized spacial score (nSPS) is 13.0. The third-order valence-corrected chi connectivity index (χ3v) is 5.59. The van der Waals surface area contributed by atoms with Crippen molar-refractivity contribution in [2.24, 2.45) is 0 Å². The van der Waals surface area contributed by atoms with Crippen LogP contribution in [0.3, 0.4) is 0 Å². The minimum Gasteiger partial charge on any atom is -0.344 e. The number of benzene rings is 2. The number of aromatic nitrogens is 1. The summed E-state index contributed by atoms with van der Waals surface area (Å²) in [6, 6.07) is 21.1. The molecule has 0 saturated carbocycles. The molecule has 0 saturated heterocycles. The van der Waals surface area contributed by atoms with Crippen molar-refractivity contribution in [1.82, 2.24) is 10.3 Å². The lowest BCUT2D eigenvalue weighted by Crippen LogP contribution is -2.34. The molecule has 3 nitrogen and oxygen atoms in total. The third-order valence-electron chi connectivity index (χ3n) is 3.97. The van der Waals surface area contributed by atoms with E-state index in [2.05, 4.69) is 10.3 Å². The van der Waals surface area contributed by atoms with Crippen molar-refractivity contribution in [2.75, 3.05) is 0 Å². The zero-order chi connectivity index (χ0) is 18.4. The molecule has 26 heavy (non-hydrogen) atoms. The number of thioether (sulfide) groups is 1. The number of nitrogens with zero attached hydrogens (tertiary/aromatic N) is 1. The van der Waals surface area contributed by atoms with Crippen molar-refractivity contribution >= 4 is 29.3 Å². The van der Waals surface area contributed by atoms with Crippen LogP contribution in [0, 0.1) is 0 Å². The summed E-state index contributed by atoms with van der Waals surface area (Å²) in [4.78, 5) is 17.8. The van der Waals surface area contributed by atoms with E-state index in [1.54, 1.807) is 12.4 Å². The molecule has 2 atom stereocenters. The maximum atomic E-state index is 12.8. The van der Waals surface area contributed by atoms with Gasteiger partial charge in [-0.25, -0.2) is 0 Å². The van der Waals surface area contributed by atoms with Crippen LogP contribution in [0.1, 0.15) is 24.1 Å². The van der Waals surface area contributed by atoms with Gasteiger partial charge in [0.2, 0.25) is 5.91 Å². The molecule has 0 radical (unpaired) electrons. The molecule has 0 aliphatic heterocycles. The summed E-state index contributed by atoms with van der Waals surface area (Å²) in [6.45, 7) is 1.89. The highest BCUT2D eigenvalue weighted by molar-refractivity contribution is 8.00. The highest BCUT2D eigenvalue weighted by atomic mass is 35.5. The molecule has 2 aromatic carbocycles. The summed E-state index contributed by atoms with van der Waals surface area (Å²) in [5, 5.41) is 3.54. The first-order chi connectivity index (χ1) is 12.6. The zero-order valence-electron chi connectivity index (χ0n) is 14.3. The van der Waals surface area contributed by atoms with E-state index in [0.29, 0.717) is 5.02 Å². The summed E-state index contributed by atoms with van der Waals surface area (Å²) < 4.78 is 0. The largest absolute Gasteiger partial charge is 0.344 e. The van der Waals surface area contributed by atoms with E-state index < -0.39 is 0 Å². The lowest BCUT2D eigenvalue weighted by atomic mass is 9.99. The van der Waals surface area contributed by atoms with E-state index in [-0.39, 0.29) is 17.2 Å².